The number of benzene rings is 2. The third-order valence-electron chi connectivity index (χ3n) is 5.17. The summed E-state index contributed by atoms with van der Waals surface area (Å²) in [7, 11) is 0. The van der Waals surface area contributed by atoms with E-state index in [2.05, 4.69) is 9.97 Å². The lowest BCUT2D eigenvalue weighted by Crippen LogP contribution is -2.23. The van der Waals surface area contributed by atoms with E-state index in [1.165, 1.54) is 33.4 Å². The number of nitrogens with two attached hydrogens (primary N) is 1. The van der Waals surface area contributed by atoms with Crippen LogP contribution in [-0.4, -0.2) is 25.0 Å². The van der Waals surface area contributed by atoms with Crippen molar-refractivity contribution in [1.82, 2.24) is 19.1 Å². The monoisotopic (exact) mass is 405 g/mol. The Morgan fingerprint density at radius 2 is 1.77 bits per heavy atom. The summed E-state index contributed by atoms with van der Waals surface area (Å²) in [5.41, 5.74) is 8.98. The van der Waals surface area contributed by atoms with E-state index in [0.717, 1.165) is 11.1 Å². The minimum Gasteiger partial charge on any atom is -0.364 e. The summed E-state index contributed by atoms with van der Waals surface area (Å²) in [6, 6.07) is 11.2. The molecule has 0 aliphatic rings. The molecule has 0 saturated carbocycles. The van der Waals surface area contributed by atoms with Gasteiger partial charge in [-0.1, -0.05) is 6.07 Å². The summed E-state index contributed by atoms with van der Waals surface area (Å²) in [5, 5.41) is 0. The van der Waals surface area contributed by atoms with E-state index < -0.39 is 11.7 Å². The van der Waals surface area contributed by atoms with Gasteiger partial charge in [0.05, 0.1) is 5.69 Å². The second-order valence-corrected chi connectivity index (χ2v) is 7.07. The van der Waals surface area contributed by atoms with Crippen LogP contribution in [0.3, 0.4) is 0 Å². The number of hydrogen-bond donors (Lipinski definition) is 1. The fourth-order valence-corrected chi connectivity index (χ4v) is 3.45. The Morgan fingerprint density at radius 1 is 1.07 bits per heavy atom. The molecule has 0 aliphatic heterocycles. The van der Waals surface area contributed by atoms with E-state index in [-0.39, 0.29) is 28.4 Å². The second-order valence-electron chi connectivity index (χ2n) is 7.07. The standard InChI is InChI=1S/C22H20FN5O2/c1-4-27-18-17(19(24)29)25-20(14-6-8-15(23)9-7-14)26-21(18)28(22(27)30)16-10-5-12(2)13(3)11-16/h5-11H,4H2,1-3H3,(H2,24,29). The number of hydrogen-bond acceptors (Lipinski definition) is 4. The van der Waals surface area contributed by atoms with Crippen molar-refractivity contribution < 1.29 is 9.18 Å². The number of nitrogens with zero attached hydrogens (tertiary/aromatic N) is 4. The van der Waals surface area contributed by atoms with Gasteiger partial charge in [-0.15, -0.1) is 0 Å². The Labute approximate surface area is 171 Å². The van der Waals surface area contributed by atoms with Crippen LogP contribution in [0.4, 0.5) is 4.39 Å². The molecule has 0 fully saturated rings. The first-order chi connectivity index (χ1) is 14.3. The van der Waals surface area contributed by atoms with Gasteiger partial charge in [-0.25, -0.2) is 23.7 Å². The lowest BCUT2D eigenvalue weighted by molar-refractivity contribution is 0.0997. The van der Waals surface area contributed by atoms with Crippen LogP contribution >= 0.6 is 0 Å². The lowest BCUT2D eigenvalue weighted by atomic mass is 10.1. The average molecular weight is 405 g/mol. The first kappa shape index (κ1) is 19.5. The summed E-state index contributed by atoms with van der Waals surface area (Å²) in [5.74, 6) is -0.994. The van der Waals surface area contributed by atoms with Crippen LogP contribution in [0.15, 0.2) is 47.3 Å². The molecule has 2 N–H and O–H groups in total. The van der Waals surface area contributed by atoms with Crippen LogP contribution in [-0.2, 0) is 6.54 Å². The van der Waals surface area contributed by atoms with Gasteiger partial charge in [0.1, 0.15) is 11.3 Å². The maximum absolute atomic E-state index is 13.4. The number of aryl methyl sites for hydroxylation is 3. The average Bonchev–Trinajstić information content (AvgIpc) is 3.00. The maximum atomic E-state index is 13.4. The van der Waals surface area contributed by atoms with Gasteiger partial charge in [0.2, 0.25) is 0 Å². The van der Waals surface area contributed by atoms with Crippen molar-refractivity contribution in [2.75, 3.05) is 0 Å². The van der Waals surface area contributed by atoms with Crippen molar-refractivity contribution in [1.29, 1.82) is 0 Å². The highest BCUT2D eigenvalue weighted by atomic mass is 19.1. The Hall–Kier alpha value is -3.81. The summed E-state index contributed by atoms with van der Waals surface area (Å²) in [6.07, 6.45) is 0. The zero-order chi connectivity index (χ0) is 21.6. The van der Waals surface area contributed by atoms with Gasteiger partial charge >= 0.3 is 5.69 Å². The number of amides is 1. The number of primary amides is 1. The third kappa shape index (κ3) is 3.06. The quantitative estimate of drug-likeness (QED) is 0.564. The molecule has 2 aromatic carbocycles. The molecule has 0 spiro atoms. The Balaban J connectivity index is 2.12. The largest absolute Gasteiger partial charge is 0.364 e. The Bertz CT molecular complexity index is 1350. The minimum absolute atomic E-state index is 0.0548. The molecule has 4 aromatic rings. The van der Waals surface area contributed by atoms with E-state index >= 15 is 0 Å². The normalized spacial score (nSPS) is 11.2. The van der Waals surface area contributed by atoms with Crippen molar-refractivity contribution in [3.05, 3.63) is 75.6 Å². The molecule has 0 saturated heterocycles. The molecule has 8 heteroatoms. The molecule has 0 radical (unpaired) electrons. The Kier molecular flexibility index (Phi) is 4.69. The van der Waals surface area contributed by atoms with E-state index in [4.69, 9.17) is 5.73 Å². The fraction of sp³-hybridized carbons (Fsp3) is 0.182. The first-order valence-electron chi connectivity index (χ1n) is 9.48. The predicted molar refractivity (Wildman–Crippen MR) is 112 cm³/mol. The number of rotatable bonds is 4. The molecule has 1 amide bonds. The summed E-state index contributed by atoms with van der Waals surface area (Å²) >= 11 is 0. The van der Waals surface area contributed by atoms with Gasteiger partial charge in [-0.05, 0) is 68.3 Å². The van der Waals surface area contributed by atoms with E-state index in [0.29, 0.717) is 17.8 Å². The van der Waals surface area contributed by atoms with Gasteiger partial charge in [-0.2, -0.15) is 0 Å². The van der Waals surface area contributed by atoms with Crippen molar-refractivity contribution >= 4 is 17.1 Å². The number of carbonyl (C=O) groups is 1. The van der Waals surface area contributed by atoms with Crippen molar-refractivity contribution in [2.45, 2.75) is 27.3 Å². The van der Waals surface area contributed by atoms with E-state index in [1.807, 2.05) is 32.0 Å². The smallest absolute Gasteiger partial charge is 0.335 e. The molecular weight excluding hydrogens is 385 g/mol. The summed E-state index contributed by atoms with van der Waals surface area (Å²) in [6.45, 7) is 6.05. The van der Waals surface area contributed by atoms with Crippen LogP contribution in [0.1, 0.15) is 28.5 Å². The highest BCUT2D eigenvalue weighted by molar-refractivity contribution is 6.02. The number of aromatic nitrogens is 4. The van der Waals surface area contributed by atoms with E-state index in [1.54, 1.807) is 6.92 Å². The number of imidazole rings is 1. The minimum atomic E-state index is -0.773. The highest BCUT2D eigenvalue weighted by Crippen LogP contribution is 2.24. The van der Waals surface area contributed by atoms with Crippen LogP contribution in [0.2, 0.25) is 0 Å². The maximum Gasteiger partial charge on any atom is 0.335 e. The molecule has 30 heavy (non-hydrogen) atoms. The molecule has 2 heterocycles. The zero-order valence-electron chi connectivity index (χ0n) is 16.8. The molecule has 0 atom stereocenters. The van der Waals surface area contributed by atoms with Gasteiger partial charge in [0.15, 0.2) is 17.2 Å². The molecule has 0 unspecified atom stereocenters. The van der Waals surface area contributed by atoms with Crippen molar-refractivity contribution in [2.24, 2.45) is 5.73 Å². The predicted octanol–water partition coefficient (Wildman–Crippen LogP) is 3.12. The van der Waals surface area contributed by atoms with E-state index in [9.17, 15) is 14.0 Å². The summed E-state index contributed by atoms with van der Waals surface area (Å²) in [4.78, 5) is 34.3. The van der Waals surface area contributed by atoms with Crippen molar-refractivity contribution in [3.8, 4) is 17.1 Å². The van der Waals surface area contributed by atoms with Crippen molar-refractivity contribution in [3.63, 3.8) is 0 Å². The number of carbonyl (C=O) groups excluding carboxylic acids is 1. The molecule has 152 valence electrons. The SMILES string of the molecule is CCn1c(=O)n(-c2ccc(C)c(C)c2)c2nc(-c3ccc(F)cc3)nc(C(N)=O)c21. The zero-order valence-corrected chi connectivity index (χ0v) is 16.8. The summed E-state index contributed by atoms with van der Waals surface area (Å²) < 4.78 is 16.2. The van der Waals surface area contributed by atoms with Crippen LogP contribution in [0.5, 0.6) is 0 Å². The van der Waals surface area contributed by atoms with Gasteiger partial charge in [-0.3, -0.25) is 9.36 Å². The van der Waals surface area contributed by atoms with Gasteiger partial charge in [0.25, 0.3) is 5.91 Å². The molecule has 2 aromatic heterocycles. The molecule has 7 nitrogen and oxygen atoms in total. The van der Waals surface area contributed by atoms with Crippen LogP contribution in [0, 0.1) is 19.7 Å². The first-order valence-corrected chi connectivity index (χ1v) is 9.48. The second kappa shape index (κ2) is 7.22. The number of fused-ring (bicyclic) bond motifs is 1. The van der Waals surface area contributed by atoms with Crippen LogP contribution in [0.25, 0.3) is 28.2 Å². The molecule has 0 aliphatic carbocycles. The van der Waals surface area contributed by atoms with Gasteiger partial charge in [0, 0.05) is 12.1 Å². The molecular formula is C22H20FN5O2. The molecule has 0 bridgehead atoms. The number of halogens is 1. The third-order valence-corrected chi connectivity index (χ3v) is 5.17. The Morgan fingerprint density at radius 3 is 2.37 bits per heavy atom. The molecule has 4 rings (SSSR count). The van der Waals surface area contributed by atoms with Gasteiger partial charge < -0.3 is 5.73 Å². The lowest BCUT2D eigenvalue weighted by Gasteiger charge is -2.08. The van der Waals surface area contributed by atoms with Crippen LogP contribution < -0.4 is 11.4 Å². The topological polar surface area (TPSA) is 95.8 Å². The fourth-order valence-electron chi connectivity index (χ4n) is 3.45. The highest BCUT2D eigenvalue weighted by Gasteiger charge is 2.23.